The van der Waals surface area contributed by atoms with Gasteiger partial charge in [-0.25, -0.2) is 9.67 Å². The fourth-order valence-electron chi connectivity index (χ4n) is 2.24. The summed E-state index contributed by atoms with van der Waals surface area (Å²) in [5, 5.41) is 14.6. The van der Waals surface area contributed by atoms with Gasteiger partial charge in [0, 0.05) is 12.7 Å². The summed E-state index contributed by atoms with van der Waals surface area (Å²) in [6, 6.07) is 9.82. The molecule has 0 spiro atoms. The van der Waals surface area contributed by atoms with E-state index in [4.69, 9.17) is 4.74 Å². The van der Waals surface area contributed by atoms with Crippen LogP contribution in [0.2, 0.25) is 0 Å². The van der Waals surface area contributed by atoms with Crippen molar-refractivity contribution in [3.05, 3.63) is 36.2 Å². The zero-order valence-electron chi connectivity index (χ0n) is 13.1. The third kappa shape index (κ3) is 3.89. The summed E-state index contributed by atoms with van der Waals surface area (Å²) >= 11 is 0. The molecule has 2 rings (SSSR count). The molecule has 2 aromatic rings. The van der Waals surface area contributed by atoms with Crippen LogP contribution in [0.3, 0.4) is 0 Å². The van der Waals surface area contributed by atoms with Gasteiger partial charge in [0.25, 0.3) is 0 Å². The first kappa shape index (κ1) is 15.7. The lowest BCUT2D eigenvalue weighted by Crippen LogP contribution is -2.28. The predicted molar refractivity (Wildman–Crippen MR) is 81.8 cm³/mol. The van der Waals surface area contributed by atoms with E-state index in [1.165, 1.54) is 0 Å². The molecule has 0 aliphatic carbocycles. The van der Waals surface area contributed by atoms with Crippen LogP contribution >= 0.6 is 0 Å². The van der Waals surface area contributed by atoms with Crippen LogP contribution in [0.1, 0.15) is 39.1 Å². The lowest BCUT2D eigenvalue weighted by atomic mass is 10.1. The van der Waals surface area contributed by atoms with Crippen molar-refractivity contribution in [1.29, 1.82) is 0 Å². The average molecular weight is 289 g/mol. The number of aliphatic hydroxyl groups is 1. The molecule has 5 nitrogen and oxygen atoms in total. The highest BCUT2D eigenvalue weighted by Crippen LogP contribution is 2.24. The Balaban J connectivity index is 2.44. The van der Waals surface area contributed by atoms with Crippen LogP contribution in [0.4, 0.5) is 0 Å². The molecule has 0 saturated carbocycles. The number of benzene rings is 1. The van der Waals surface area contributed by atoms with E-state index in [1.807, 2.05) is 37.3 Å². The fraction of sp³-hybridized carbons (Fsp3) is 0.500. The zero-order valence-corrected chi connectivity index (χ0v) is 13.1. The average Bonchev–Trinajstić information content (AvgIpc) is 2.83. The van der Waals surface area contributed by atoms with Crippen molar-refractivity contribution >= 4 is 0 Å². The van der Waals surface area contributed by atoms with Gasteiger partial charge in [-0.2, -0.15) is 5.10 Å². The first-order valence-electron chi connectivity index (χ1n) is 7.20. The number of ether oxygens (including phenoxy) is 1. The minimum atomic E-state index is -0.859. The summed E-state index contributed by atoms with van der Waals surface area (Å²) in [7, 11) is 1.67. The van der Waals surface area contributed by atoms with E-state index >= 15 is 0 Å². The van der Waals surface area contributed by atoms with E-state index in [2.05, 4.69) is 10.1 Å². The smallest absolute Gasteiger partial charge is 0.181 e. The number of methoxy groups -OCH3 is 1. The number of hydrogen-bond acceptors (Lipinski definition) is 4. The van der Waals surface area contributed by atoms with Gasteiger partial charge in [-0.1, -0.05) is 37.3 Å². The number of aromatic nitrogens is 3. The van der Waals surface area contributed by atoms with Crippen molar-refractivity contribution in [2.75, 3.05) is 7.11 Å². The lowest BCUT2D eigenvalue weighted by molar-refractivity contribution is 0.0468. The summed E-state index contributed by atoms with van der Waals surface area (Å²) in [4.78, 5) is 4.62. The second-order valence-electron chi connectivity index (χ2n) is 5.76. The van der Waals surface area contributed by atoms with Gasteiger partial charge in [-0.15, -0.1) is 0 Å². The van der Waals surface area contributed by atoms with E-state index in [0.717, 1.165) is 17.8 Å². The van der Waals surface area contributed by atoms with Gasteiger partial charge in [-0.3, -0.25) is 0 Å². The summed E-state index contributed by atoms with van der Waals surface area (Å²) in [6.45, 7) is 5.93. The molecule has 1 aromatic carbocycles. The molecule has 5 heteroatoms. The Kier molecular flexibility index (Phi) is 4.75. The van der Waals surface area contributed by atoms with E-state index in [0.29, 0.717) is 12.4 Å². The molecule has 0 saturated heterocycles. The largest absolute Gasteiger partial charge is 0.389 e. The number of rotatable bonds is 6. The van der Waals surface area contributed by atoms with E-state index in [-0.39, 0.29) is 6.10 Å². The summed E-state index contributed by atoms with van der Waals surface area (Å²) in [6.07, 6.45) is 0.673. The fourth-order valence-corrected chi connectivity index (χ4v) is 2.24. The van der Waals surface area contributed by atoms with Crippen LogP contribution in [0.15, 0.2) is 30.3 Å². The van der Waals surface area contributed by atoms with Crippen molar-refractivity contribution in [2.45, 2.75) is 45.4 Å². The Morgan fingerprint density at radius 2 is 1.95 bits per heavy atom. The van der Waals surface area contributed by atoms with Crippen LogP contribution in [0, 0.1) is 0 Å². The maximum absolute atomic E-state index is 10.1. The topological polar surface area (TPSA) is 60.2 Å². The maximum Gasteiger partial charge on any atom is 0.181 e. The molecule has 0 radical (unpaired) electrons. The van der Waals surface area contributed by atoms with E-state index in [1.54, 1.807) is 25.6 Å². The van der Waals surface area contributed by atoms with Crippen molar-refractivity contribution in [2.24, 2.45) is 0 Å². The number of nitrogens with zero attached hydrogens (tertiary/aromatic N) is 3. The summed E-state index contributed by atoms with van der Waals surface area (Å²) < 4.78 is 7.23. The third-order valence-corrected chi connectivity index (χ3v) is 3.21. The summed E-state index contributed by atoms with van der Waals surface area (Å²) in [5.74, 6) is 1.41. The van der Waals surface area contributed by atoms with Crippen molar-refractivity contribution in [1.82, 2.24) is 14.8 Å². The molecular weight excluding hydrogens is 266 g/mol. The van der Waals surface area contributed by atoms with Gasteiger partial charge in [0.15, 0.2) is 11.6 Å². The van der Waals surface area contributed by atoms with Crippen LogP contribution in [0.5, 0.6) is 0 Å². The Bertz CT molecular complexity index is 569. The van der Waals surface area contributed by atoms with E-state index < -0.39 is 5.60 Å². The molecule has 1 N–H and O–H groups in total. The first-order chi connectivity index (χ1) is 9.94. The van der Waals surface area contributed by atoms with Crippen LogP contribution in [-0.2, 0) is 11.3 Å². The molecule has 0 aliphatic rings. The molecule has 21 heavy (non-hydrogen) atoms. The maximum atomic E-state index is 10.1. The first-order valence-corrected chi connectivity index (χ1v) is 7.20. The van der Waals surface area contributed by atoms with Gasteiger partial charge in [0.05, 0.1) is 12.1 Å². The molecule has 0 aliphatic heterocycles. The molecule has 114 valence electrons. The molecule has 0 fully saturated rings. The molecule has 0 bridgehead atoms. The standard InChI is InChI=1S/C16H23N3O2/c1-5-13(21-4)15-17-14(12-9-7-6-8-10-12)18-19(15)11-16(2,3)20/h6-10,13,20H,5,11H2,1-4H3. The second-order valence-corrected chi connectivity index (χ2v) is 5.76. The lowest BCUT2D eigenvalue weighted by Gasteiger charge is -2.20. The van der Waals surface area contributed by atoms with Gasteiger partial charge >= 0.3 is 0 Å². The Hall–Kier alpha value is -1.72. The Labute approximate surface area is 125 Å². The van der Waals surface area contributed by atoms with Crippen molar-refractivity contribution in [3.8, 4) is 11.4 Å². The molecule has 1 unspecified atom stereocenters. The monoisotopic (exact) mass is 289 g/mol. The SMILES string of the molecule is CCC(OC)c1nc(-c2ccccc2)nn1CC(C)(C)O. The molecule has 1 atom stereocenters. The van der Waals surface area contributed by atoms with Gasteiger partial charge in [-0.05, 0) is 20.3 Å². The van der Waals surface area contributed by atoms with Crippen LogP contribution < -0.4 is 0 Å². The van der Waals surface area contributed by atoms with Crippen molar-refractivity contribution < 1.29 is 9.84 Å². The van der Waals surface area contributed by atoms with Crippen LogP contribution in [-0.4, -0.2) is 32.6 Å². The molecule has 0 amide bonds. The van der Waals surface area contributed by atoms with E-state index in [9.17, 15) is 5.11 Å². The summed E-state index contributed by atoms with van der Waals surface area (Å²) in [5.41, 5.74) is 0.0989. The second kappa shape index (κ2) is 6.37. The molecule has 1 aromatic heterocycles. The Morgan fingerprint density at radius 1 is 1.29 bits per heavy atom. The highest BCUT2D eigenvalue weighted by molar-refractivity contribution is 5.54. The molecular formula is C16H23N3O2. The normalized spacial score (nSPS) is 13.4. The quantitative estimate of drug-likeness (QED) is 0.888. The highest BCUT2D eigenvalue weighted by atomic mass is 16.5. The van der Waals surface area contributed by atoms with Crippen molar-refractivity contribution in [3.63, 3.8) is 0 Å². The Morgan fingerprint density at radius 3 is 2.48 bits per heavy atom. The predicted octanol–water partition coefficient (Wildman–Crippen LogP) is 2.81. The van der Waals surface area contributed by atoms with Gasteiger partial charge in [0.1, 0.15) is 6.10 Å². The van der Waals surface area contributed by atoms with Gasteiger partial charge < -0.3 is 9.84 Å². The molecule has 1 heterocycles. The minimum absolute atomic E-state index is 0.127. The minimum Gasteiger partial charge on any atom is -0.389 e. The zero-order chi connectivity index (χ0) is 15.5. The number of hydrogen-bond donors (Lipinski definition) is 1. The van der Waals surface area contributed by atoms with Crippen LogP contribution in [0.25, 0.3) is 11.4 Å². The highest BCUT2D eigenvalue weighted by Gasteiger charge is 2.23. The third-order valence-electron chi connectivity index (χ3n) is 3.21. The van der Waals surface area contributed by atoms with Gasteiger partial charge in [0.2, 0.25) is 0 Å².